The molecule has 0 bridgehead atoms. The number of rotatable bonds is 3. The Bertz CT molecular complexity index is 189. The van der Waals surface area contributed by atoms with E-state index < -0.39 is 6.17 Å². The van der Waals surface area contributed by atoms with E-state index in [0.29, 0.717) is 6.54 Å². The fourth-order valence-corrected chi connectivity index (χ4v) is 1.80. The van der Waals surface area contributed by atoms with E-state index in [9.17, 15) is 9.18 Å². The first-order valence-electron chi connectivity index (χ1n) is 5.11. The first-order valence-corrected chi connectivity index (χ1v) is 5.11. The summed E-state index contributed by atoms with van der Waals surface area (Å²) in [5, 5.41) is 0. The maximum absolute atomic E-state index is 12.7. The minimum atomic E-state index is -0.778. The molecular formula is C10H18FNO2. The summed E-state index contributed by atoms with van der Waals surface area (Å²) >= 11 is 0. The lowest BCUT2D eigenvalue weighted by Gasteiger charge is -2.31. The number of likely N-dealkylation sites (tertiary alicyclic amines) is 1. The van der Waals surface area contributed by atoms with Crippen molar-refractivity contribution in [2.45, 2.75) is 39.0 Å². The Labute approximate surface area is 84.2 Å². The molecule has 1 aliphatic rings. The van der Waals surface area contributed by atoms with E-state index in [-0.39, 0.29) is 12.1 Å². The highest BCUT2D eigenvalue weighted by Gasteiger charge is 2.21. The van der Waals surface area contributed by atoms with Crippen molar-refractivity contribution >= 4 is 5.97 Å². The normalized spacial score (nSPS) is 21.9. The fraction of sp³-hybridized carbons (Fsp3) is 0.900. The van der Waals surface area contributed by atoms with Gasteiger partial charge in [0.15, 0.2) is 0 Å². The predicted octanol–water partition coefficient (Wildman–Crippen LogP) is 1.37. The van der Waals surface area contributed by atoms with E-state index >= 15 is 0 Å². The number of carbonyl (C=O) groups is 1. The van der Waals surface area contributed by atoms with Gasteiger partial charge in [0.2, 0.25) is 0 Å². The highest BCUT2D eigenvalue weighted by Crippen LogP contribution is 2.14. The van der Waals surface area contributed by atoms with Crippen molar-refractivity contribution in [2.24, 2.45) is 0 Å². The number of nitrogens with zero attached hydrogens (tertiary/aromatic N) is 1. The Morgan fingerprint density at radius 3 is 2.57 bits per heavy atom. The van der Waals surface area contributed by atoms with Crippen LogP contribution in [0.2, 0.25) is 0 Å². The largest absolute Gasteiger partial charge is 0.462 e. The van der Waals surface area contributed by atoms with Gasteiger partial charge in [-0.1, -0.05) is 0 Å². The van der Waals surface area contributed by atoms with Crippen LogP contribution in [0.3, 0.4) is 0 Å². The summed E-state index contributed by atoms with van der Waals surface area (Å²) in [6.45, 7) is 5.14. The number of hydrogen-bond acceptors (Lipinski definition) is 3. The SMILES string of the molecule is CC(=O)OC1CCN(CC(C)F)CC1. The maximum atomic E-state index is 12.7. The van der Waals surface area contributed by atoms with Crippen molar-refractivity contribution in [1.29, 1.82) is 0 Å². The second-order valence-corrected chi connectivity index (χ2v) is 3.89. The fourth-order valence-electron chi connectivity index (χ4n) is 1.80. The van der Waals surface area contributed by atoms with Gasteiger partial charge in [0, 0.05) is 26.6 Å². The Kier molecular flexibility index (Phi) is 4.32. The average molecular weight is 203 g/mol. The maximum Gasteiger partial charge on any atom is 0.302 e. The second-order valence-electron chi connectivity index (χ2n) is 3.89. The van der Waals surface area contributed by atoms with Gasteiger partial charge in [-0.3, -0.25) is 4.79 Å². The molecule has 1 unspecified atom stereocenters. The van der Waals surface area contributed by atoms with Crippen LogP contribution in [0.5, 0.6) is 0 Å². The minimum Gasteiger partial charge on any atom is -0.462 e. The minimum absolute atomic E-state index is 0.0404. The summed E-state index contributed by atoms with van der Waals surface area (Å²) in [6.07, 6.45) is 0.914. The van der Waals surface area contributed by atoms with Crippen molar-refractivity contribution in [1.82, 2.24) is 4.90 Å². The molecule has 0 radical (unpaired) electrons. The topological polar surface area (TPSA) is 29.5 Å². The summed E-state index contributed by atoms with van der Waals surface area (Å²) in [6, 6.07) is 0. The molecule has 1 aliphatic heterocycles. The smallest absolute Gasteiger partial charge is 0.302 e. The third kappa shape index (κ3) is 4.05. The molecule has 0 aromatic heterocycles. The number of carbonyl (C=O) groups excluding carboxylic acids is 1. The first-order chi connectivity index (χ1) is 6.58. The van der Waals surface area contributed by atoms with E-state index in [4.69, 9.17) is 4.74 Å². The molecule has 0 saturated carbocycles. The molecule has 0 aromatic carbocycles. The van der Waals surface area contributed by atoms with Crippen LogP contribution in [0.25, 0.3) is 0 Å². The van der Waals surface area contributed by atoms with Gasteiger partial charge in [-0.05, 0) is 19.8 Å². The molecule has 0 spiro atoms. The lowest BCUT2D eigenvalue weighted by atomic mass is 10.1. The van der Waals surface area contributed by atoms with Gasteiger partial charge < -0.3 is 9.64 Å². The molecule has 1 heterocycles. The van der Waals surface area contributed by atoms with E-state index in [0.717, 1.165) is 25.9 Å². The van der Waals surface area contributed by atoms with Crippen LogP contribution in [-0.4, -0.2) is 42.8 Å². The van der Waals surface area contributed by atoms with Crippen molar-refractivity contribution in [2.75, 3.05) is 19.6 Å². The highest BCUT2D eigenvalue weighted by atomic mass is 19.1. The molecule has 1 atom stereocenters. The predicted molar refractivity (Wildman–Crippen MR) is 51.8 cm³/mol. The monoisotopic (exact) mass is 203 g/mol. The van der Waals surface area contributed by atoms with Gasteiger partial charge in [0.1, 0.15) is 12.3 Å². The first kappa shape index (κ1) is 11.4. The molecule has 0 amide bonds. The number of ether oxygens (including phenoxy) is 1. The third-order valence-corrected chi connectivity index (χ3v) is 2.38. The Hall–Kier alpha value is -0.640. The zero-order valence-corrected chi connectivity index (χ0v) is 8.83. The summed E-state index contributed by atoms with van der Waals surface area (Å²) in [5.74, 6) is -0.220. The van der Waals surface area contributed by atoms with Crippen molar-refractivity contribution in [3.63, 3.8) is 0 Å². The number of alkyl halides is 1. The molecule has 0 N–H and O–H groups in total. The summed E-state index contributed by atoms with van der Waals surface area (Å²) in [7, 11) is 0. The highest BCUT2D eigenvalue weighted by molar-refractivity contribution is 5.66. The second kappa shape index (κ2) is 5.29. The molecule has 82 valence electrons. The van der Waals surface area contributed by atoms with Gasteiger partial charge in [0.25, 0.3) is 0 Å². The van der Waals surface area contributed by atoms with Crippen LogP contribution in [0, 0.1) is 0 Å². The number of halogens is 1. The average Bonchev–Trinajstić information content (AvgIpc) is 2.06. The van der Waals surface area contributed by atoms with Gasteiger partial charge in [-0.25, -0.2) is 4.39 Å². The zero-order chi connectivity index (χ0) is 10.6. The molecule has 1 saturated heterocycles. The van der Waals surface area contributed by atoms with Crippen LogP contribution in [0.1, 0.15) is 26.7 Å². The van der Waals surface area contributed by atoms with Gasteiger partial charge in [-0.15, -0.1) is 0 Å². The van der Waals surface area contributed by atoms with Crippen LogP contribution in [-0.2, 0) is 9.53 Å². The van der Waals surface area contributed by atoms with Crippen LogP contribution in [0.15, 0.2) is 0 Å². The standard InChI is InChI=1S/C10H18FNO2/c1-8(11)7-12-5-3-10(4-6-12)14-9(2)13/h8,10H,3-7H2,1-2H3. The molecule has 0 aromatic rings. The lowest BCUT2D eigenvalue weighted by Crippen LogP contribution is -2.40. The van der Waals surface area contributed by atoms with Crippen LogP contribution < -0.4 is 0 Å². The Balaban J connectivity index is 2.21. The van der Waals surface area contributed by atoms with Crippen LogP contribution in [0.4, 0.5) is 4.39 Å². The Morgan fingerprint density at radius 1 is 1.57 bits per heavy atom. The molecule has 1 rings (SSSR count). The van der Waals surface area contributed by atoms with Crippen molar-refractivity contribution in [3.8, 4) is 0 Å². The third-order valence-electron chi connectivity index (χ3n) is 2.38. The molecule has 14 heavy (non-hydrogen) atoms. The lowest BCUT2D eigenvalue weighted by molar-refractivity contribution is -0.148. The summed E-state index contributed by atoms with van der Waals surface area (Å²) in [5.41, 5.74) is 0. The number of hydrogen-bond donors (Lipinski definition) is 0. The van der Waals surface area contributed by atoms with Gasteiger partial charge in [0.05, 0.1) is 0 Å². The molecule has 1 fully saturated rings. The van der Waals surface area contributed by atoms with Crippen molar-refractivity contribution < 1.29 is 13.9 Å². The zero-order valence-electron chi connectivity index (χ0n) is 8.83. The van der Waals surface area contributed by atoms with Gasteiger partial charge in [-0.2, -0.15) is 0 Å². The summed E-state index contributed by atoms with van der Waals surface area (Å²) in [4.78, 5) is 12.7. The number of piperidine rings is 1. The van der Waals surface area contributed by atoms with E-state index in [1.807, 2.05) is 0 Å². The Morgan fingerprint density at radius 2 is 2.14 bits per heavy atom. The van der Waals surface area contributed by atoms with Crippen molar-refractivity contribution in [3.05, 3.63) is 0 Å². The van der Waals surface area contributed by atoms with Gasteiger partial charge >= 0.3 is 5.97 Å². The number of esters is 1. The molecule has 3 nitrogen and oxygen atoms in total. The molecular weight excluding hydrogens is 185 g/mol. The van der Waals surface area contributed by atoms with Crippen LogP contribution >= 0.6 is 0 Å². The van der Waals surface area contributed by atoms with E-state index in [1.165, 1.54) is 6.92 Å². The molecule has 0 aliphatic carbocycles. The van der Waals surface area contributed by atoms with E-state index in [2.05, 4.69) is 4.90 Å². The van der Waals surface area contributed by atoms with E-state index in [1.54, 1.807) is 6.92 Å². The molecule has 4 heteroatoms. The quantitative estimate of drug-likeness (QED) is 0.649. The summed E-state index contributed by atoms with van der Waals surface area (Å²) < 4.78 is 17.8.